The summed E-state index contributed by atoms with van der Waals surface area (Å²) in [6, 6.07) is 13.7. The molecule has 0 spiro atoms. The number of hydrogen-bond donors (Lipinski definition) is 1. The summed E-state index contributed by atoms with van der Waals surface area (Å²) in [5.74, 6) is -0.950. The minimum Gasteiger partial charge on any atom is -0.445 e. The highest BCUT2D eigenvalue weighted by atomic mass is 35.5. The highest BCUT2D eigenvalue weighted by molar-refractivity contribution is 7.89. The van der Waals surface area contributed by atoms with Crippen LogP contribution in [0.25, 0.3) is 0 Å². The average Bonchev–Trinajstić information content (AvgIpc) is 2.99. The van der Waals surface area contributed by atoms with E-state index in [1.165, 1.54) is 23.1 Å². The van der Waals surface area contributed by atoms with Gasteiger partial charge in [0.1, 0.15) is 29.8 Å². The van der Waals surface area contributed by atoms with E-state index < -0.39 is 46.8 Å². The SMILES string of the molecule is CC(C)N1CC2N(C(=O)C(NC(=O)OCc3ccccc3)CN2S(=O)(=O)c2ccc(Cl)cc2Cl)C(Cc2cccnc2)C1=O. The van der Waals surface area contributed by atoms with E-state index in [4.69, 9.17) is 27.9 Å². The zero-order chi connectivity index (χ0) is 31.6. The van der Waals surface area contributed by atoms with Crippen molar-refractivity contribution in [3.8, 4) is 0 Å². The van der Waals surface area contributed by atoms with Gasteiger partial charge in [0.05, 0.1) is 11.6 Å². The Balaban J connectivity index is 1.54. The van der Waals surface area contributed by atoms with E-state index in [9.17, 15) is 22.8 Å². The van der Waals surface area contributed by atoms with Crippen LogP contribution in [0.1, 0.15) is 25.0 Å². The van der Waals surface area contributed by atoms with Crippen molar-refractivity contribution < 1.29 is 27.5 Å². The Morgan fingerprint density at radius 1 is 1.02 bits per heavy atom. The maximum absolute atomic E-state index is 14.2. The first-order chi connectivity index (χ1) is 21.0. The minimum atomic E-state index is -4.38. The number of pyridine rings is 1. The van der Waals surface area contributed by atoms with Gasteiger partial charge in [-0.05, 0) is 49.2 Å². The fraction of sp³-hybridized carbons (Fsp3) is 0.333. The topological polar surface area (TPSA) is 129 Å². The first-order valence-electron chi connectivity index (χ1n) is 13.9. The third-order valence-electron chi connectivity index (χ3n) is 7.59. The normalized spacial score (nSPS) is 20.9. The third kappa shape index (κ3) is 6.53. The molecule has 0 bridgehead atoms. The number of amides is 3. The van der Waals surface area contributed by atoms with E-state index in [2.05, 4.69) is 10.3 Å². The molecule has 3 aromatic rings. The lowest BCUT2D eigenvalue weighted by atomic mass is 9.97. The van der Waals surface area contributed by atoms with Crippen LogP contribution in [0, 0.1) is 0 Å². The molecule has 3 unspecified atom stereocenters. The lowest BCUT2D eigenvalue weighted by molar-refractivity contribution is -0.168. The highest BCUT2D eigenvalue weighted by Gasteiger charge is 2.54. The van der Waals surface area contributed by atoms with Gasteiger partial charge in [-0.3, -0.25) is 14.6 Å². The van der Waals surface area contributed by atoms with Crippen molar-refractivity contribution in [1.82, 2.24) is 24.4 Å². The van der Waals surface area contributed by atoms with Crippen LogP contribution < -0.4 is 5.32 Å². The van der Waals surface area contributed by atoms with Crippen LogP contribution in [0.5, 0.6) is 0 Å². The van der Waals surface area contributed by atoms with E-state index in [0.717, 1.165) is 9.87 Å². The first kappa shape index (κ1) is 31.7. The zero-order valence-electron chi connectivity index (χ0n) is 24.0. The molecule has 2 fully saturated rings. The number of alkyl carbamates (subject to hydrolysis) is 1. The molecule has 3 heterocycles. The number of sulfonamides is 1. The van der Waals surface area contributed by atoms with Crippen molar-refractivity contribution in [1.29, 1.82) is 0 Å². The summed E-state index contributed by atoms with van der Waals surface area (Å²) in [6.07, 6.45) is 1.26. The van der Waals surface area contributed by atoms with Crippen molar-refractivity contribution in [3.63, 3.8) is 0 Å². The van der Waals surface area contributed by atoms with Gasteiger partial charge in [0, 0.05) is 36.4 Å². The van der Waals surface area contributed by atoms with E-state index in [1.807, 2.05) is 19.9 Å². The molecule has 2 aromatic carbocycles. The Kier molecular flexibility index (Phi) is 9.45. The third-order valence-corrected chi connectivity index (χ3v) is 10.2. The van der Waals surface area contributed by atoms with Crippen LogP contribution in [0.4, 0.5) is 4.79 Å². The molecule has 0 saturated carbocycles. The predicted octanol–water partition coefficient (Wildman–Crippen LogP) is 3.70. The summed E-state index contributed by atoms with van der Waals surface area (Å²) in [5.41, 5.74) is 1.40. The van der Waals surface area contributed by atoms with Gasteiger partial charge in [0.15, 0.2) is 0 Å². The minimum absolute atomic E-state index is 0.0617. The molecule has 3 amide bonds. The summed E-state index contributed by atoms with van der Waals surface area (Å²) in [5, 5.41) is 2.67. The number of aromatic nitrogens is 1. The number of piperazine rings is 1. The van der Waals surface area contributed by atoms with Gasteiger partial charge >= 0.3 is 6.09 Å². The quantitative estimate of drug-likeness (QED) is 0.390. The van der Waals surface area contributed by atoms with Crippen LogP contribution in [-0.2, 0) is 37.4 Å². The molecule has 232 valence electrons. The van der Waals surface area contributed by atoms with Crippen LogP contribution in [0.2, 0.25) is 10.0 Å². The smallest absolute Gasteiger partial charge is 0.408 e. The van der Waals surface area contributed by atoms with E-state index in [1.54, 1.807) is 53.7 Å². The molecule has 2 saturated heterocycles. The Hall–Kier alpha value is -3.71. The molecule has 2 aliphatic rings. The van der Waals surface area contributed by atoms with Crippen molar-refractivity contribution in [3.05, 3.63) is 94.2 Å². The van der Waals surface area contributed by atoms with Gasteiger partial charge < -0.3 is 19.9 Å². The van der Waals surface area contributed by atoms with Crippen molar-refractivity contribution in [2.45, 2.75) is 56.1 Å². The van der Waals surface area contributed by atoms with Crippen molar-refractivity contribution in [2.75, 3.05) is 13.1 Å². The second-order valence-corrected chi connectivity index (χ2v) is 13.5. The van der Waals surface area contributed by atoms with Gasteiger partial charge in [-0.15, -0.1) is 0 Å². The number of fused-ring (bicyclic) bond motifs is 1. The van der Waals surface area contributed by atoms with Crippen molar-refractivity contribution in [2.24, 2.45) is 0 Å². The van der Waals surface area contributed by atoms with E-state index >= 15 is 0 Å². The maximum atomic E-state index is 14.2. The molecule has 2 aliphatic heterocycles. The van der Waals surface area contributed by atoms with Crippen LogP contribution in [0.3, 0.4) is 0 Å². The van der Waals surface area contributed by atoms with E-state index in [0.29, 0.717) is 5.56 Å². The second-order valence-electron chi connectivity index (χ2n) is 10.8. The molecular formula is C30H31Cl2N5O6S. The lowest BCUT2D eigenvalue weighted by Gasteiger charge is -2.54. The Morgan fingerprint density at radius 2 is 1.75 bits per heavy atom. The summed E-state index contributed by atoms with van der Waals surface area (Å²) < 4.78 is 35.0. The maximum Gasteiger partial charge on any atom is 0.408 e. The van der Waals surface area contributed by atoms with Gasteiger partial charge in [-0.1, -0.05) is 59.6 Å². The fourth-order valence-corrected chi connectivity index (χ4v) is 7.77. The number of halogens is 2. The summed E-state index contributed by atoms with van der Waals surface area (Å²) in [6.45, 7) is 3.08. The van der Waals surface area contributed by atoms with Gasteiger partial charge in [-0.2, -0.15) is 4.31 Å². The number of nitrogens with one attached hydrogen (secondary N) is 1. The first-order valence-corrected chi connectivity index (χ1v) is 16.1. The number of carbonyl (C=O) groups is 3. The molecule has 11 nitrogen and oxygen atoms in total. The van der Waals surface area contributed by atoms with Crippen LogP contribution >= 0.6 is 23.2 Å². The lowest BCUT2D eigenvalue weighted by Crippen LogP contribution is -2.76. The fourth-order valence-electron chi connectivity index (χ4n) is 5.44. The molecule has 44 heavy (non-hydrogen) atoms. The molecule has 0 radical (unpaired) electrons. The van der Waals surface area contributed by atoms with Gasteiger partial charge in [-0.25, -0.2) is 13.2 Å². The molecule has 5 rings (SSSR count). The number of ether oxygens (including phenoxy) is 1. The average molecular weight is 661 g/mol. The van der Waals surface area contributed by atoms with Crippen LogP contribution in [0.15, 0.2) is 78.0 Å². The number of carbonyl (C=O) groups excluding carboxylic acids is 3. The Bertz CT molecular complexity index is 1640. The molecular weight excluding hydrogens is 629 g/mol. The number of rotatable bonds is 8. The standard InChI is InChI=1S/C30H31Cl2N5O6S/c1-19(2)35-17-27-36(44(41,42)26-11-10-22(31)14-23(26)32)16-24(34-30(40)43-18-20-7-4-3-5-8-20)28(38)37(27)25(29(35)39)13-21-9-6-12-33-15-21/h3-12,14-15,19,24-25,27H,13,16-18H2,1-2H3,(H,34,40). The highest BCUT2D eigenvalue weighted by Crippen LogP contribution is 2.35. The molecule has 14 heteroatoms. The molecule has 1 N–H and O–H groups in total. The van der Waals surface area contributed by atoms with Gasteiger partial charge in [0.25, 0.3) is 0 Å². The largest absolute Gasteiger partial charge is 0.445 e. The predicted molar refractivity (Wildman–Crippen MR) is 163 cm³/mol. The molecule has 3 atom stereocenters. The monoisotopic (exact) mass is 659 g/mol. The summed E-state index contributed by atoms with van der Waals surface area (Å²) in [4.78, 5) is 47.6. The Labute approximate surface area is 265 Å². The van der Waals surface area contributed by atoms with Gasteiger partial charge in [0.2, 0.25) is 21.8 Å². The Morgan fingerprint density at radius 3 is 2.41 bits per heavy atom. The zero-order valence-corrected chi connectivity index (χ0v) is 26.3. The summed E-state index contributed by atoms with van der Waals surface area (Å²) >= 11 is 12.4. The van der Waals surface area contributed by atoms with E-state index in [-0.39, 0.29) is 46.5 Å². The second kappa shape index (κ2) is 13.1. The summed E-state index contributed by atoms with van der Waals surface area (Å²) in [7, 11) is -4.38. The molecule has 0 aliphatic carbocycles. The number of benzene rings is 2. The van der Waals surface area contributed by atoms with Crippen molar-refractivity contribution >= 4 is 51.1 Å². The number of nitrogens with zero attached hydrogens (tertiary/aromatic N) is 4. The van der Waals surface area contributed by atoms with Crippen LogP contribution in [-0.4, -0.2) is 82.8 Å². The number of hydrogen-bond acceptors (Lipinski definition) is 7. The molecule has 1 aromatic heterocycles.